The van der Waals surface area contributed by atoms with Crippen molar-refractivity contribution in [1.82, 2.24) is 5.32 Å². The van der Waals surface area contributed by atoms with E-state index < -0.39 is 18.1 Å². The summed E-state index contributed by atoms with van der Waals surface area (Å²) < 4.78 is 5.36. The predicted octanol–water partition coefficient (Wildman–Crippen LogP) is 3.63. The normalized spacial score (nSPS) is 13.9. The molecule has 0 fully saturated rings. The maximum absolute atomic E-state index is 12.0. The predicted molar refractivity (Wildman–Crippen MR) is 94.5 cm³/mol. The van der Waals surface area contributed by atoms with Crippen molar-refractivity contribution in [3.8, 4) is 11.1 Å². The van der Waals surface area contributed by atoms with Gasteiger partial charge in [-0.15, -0.1) is 0 Å². The molecule has 5 heteroatoms. The molecule has 1 aliphatic rings. The molecule has 0 bridgehead atoms. The molecule has 3 rings (SSSR count). The SMILES string of the molecule is CC(C)C(NC(=O)OCC1c2ccccc2-c2ccccc21)C(=O)O. The number of alkyl carbamates (subject to hydrolysis) is 1. The van der Waals surface area contributed by atoms with Gasteiger partial charge in [-0.3, -0.25) is 0 Å². The molecule has 0 saturated heterocycles. The Kier molecular flexibility index (Phi) is 4.74. The molecular formula is C20H21NO4. The third kappa shape index (κ3) is 3.36. The number of hydrogen-bond donors (Lipinski definition) is 2. The largest absolute Gasteiger partial charge is 0.480 e. The van der Waals surface area contributed by atoms with E-state index in [0.29, 0.717) is 0 Å². The Morgan fingerprint density at radius 2 is 1.56 bits per heavy atom. The first-order valence-corrected chi connectivity index (χ1v) is 8.33. The number of carbonyl (C=O) groups excluding carboxylic acids is 1. The molecule has 1 atom stereocenters. The molecule has 2 N–H and O–H groups in total. The minimum absolute atomic E-state index is 0.0412. The number of hydrogen-bond acceptors (Lipinski definition) is 3. The molecule has 130 valence electrons. The number of carboxylic acids is 1. The van der Waals surface area contributed by atoms with Crippen LogP contribution in [0.1, 0.15) is 30.9 Å². The Balaban J connectivity index is 1.73. The summed E-state index contributed by atoms with van der Waals surface area (Å²) in [5.41, 5.74) is 4.54. The van der Waals surface area contributed by atoms with Crippen molar-refractivity contribution < 1.29 is 19.4 Å². The van der Waals surface area contributed by atoms with E-state index in [-0.39, 0.29) is 18.4 Å². The van der Waals surface area contributed by atoms with Crippen LogP contribution in [0.5, 0.6) is 0 Å². The first-order valence-electron chi connectivity index (χ1n) is 8.33. The van der Waals surface area contributed by atoms with Crippen molar-refractivity contribution in [3.63, 3.8) is 0 Å². The Bertz CT molecular complexity index is 754. The summed E-state index contributed by atoms with van der Waals surface area (Å²) in [6, 6.07) is 15.2. The summed E-state index contributed by atoms with van der Waals surface area (Å²) in [5, 5.41) is 11.6. The van der Waals surface area contributed by atoms with Crippen LogP contribution in [0.2, 0.25) is 0 Å². The molecule has 2 aromatic carbocycles. The number of nitrogens with one attached hydrogen (secondary N) is 1. The summed E-state index contributed by atoms with van der Waals surface area (Å²) in [4.78, 5) is 23.2. The topological polar surface area (TPSA) is 75.6 Å². The molecule has 1 amide bonds. The van der Waals surface area contributed by atoms with Gasteiger partial charge in [0.15, 0.2) is 0 Å². The third-order valence-corrected chi connectivity index (χ3v) is 4.55. The van der Waals surface area contributed by atoms with Crippen LogP contribution in [0.15, 0.2) is 48.5 Å². The number of rotatable bonds is 5. The molecule has 2 aromatic rings. The zero-order chi connectivity index (χ0) is 18.0. The minimum Gasteiger partial charge on any atom is -0.480 e. The zero-order valence-corrected chi connectivity index (χ0v) is 14.2. The molecule has 0 aromatic heterocycles. The fourth-order valence-electron chi connectivity index (χ4n) is 3.28. The average Bonchev–Trinajstić information content (AvgIpc) is 2.91. The Morgan fingerprint density at radius 3 is 2.04 bits per heavy atom. The highest BCUT2D eigenvalue weighted by Crippen LogP contribution is 2.44. The van der Waals surface area contributed by atoms with Gasteiger partial charge >= 0.3 is 12.1 Å². The van der Waals surface area contributed by atoms with Crippen LogP contribution in [-0.2, 0) is 9.53 Å². The van der Waals surface area contributed by atoms with Crippen molar-refractivity contribution >= 4 is 12.1 Å². The van der Waals surface area contributed by atoms with Gasteiger partial charge in [-0.1, -0.05) is 62.4 Å². The molecule has 0 radical (unpaired) electrons. The molecule has 1 aliphatic carbocycles. The van der Waals surface area contributed by atoms with Crippen LogP contribution >= 0.6 is 0 Å². The van der Waals surface area contributed by atoms with Gasteiger partial charge in [0, 0.05) is 5.92 Å². The van der Waals surface area contributed by atoms with Crippen LogP contribution in [0, 0.1) is 5.92 Å². The van der Waals surface area contributed by atoms with Gasteiger partial charge in [0.05, 0.1) is 0 Å². The Hall–Kier alpha value is -2.82. The van der Waals surface area contributed by atoms with E-state index in [9.17, 15) is 9.59 Å². The lowest BCUT2D eigenvalue weighted by Gasteiger charge is -2.19. The van der Waals surface area contributed by atoms with Crippen LogP contribution < -0.4 is 5.32 Å². The summed E-state index contributed by atoms with van der Waals surface area (Å²) in [6.45, 7) is 3.65. The quantitative estimate of drug-likeness (QED) is 0.872. The van der Waals surface area contributed by atoms with Crippen molar-refractivity contribution in [2.45, 2.75) is 25.8 Å². The fraction of sp³-hybridized carbons (Fsp3) is 0.300. The van der Waals surface area contributed by atoms with Crippen LogP contribution in [0.25, 0.3) is 11.1 Å². The zero-order valence-electron chi connectivity index (χ0n) is 14.2. The highest BCUT2D eigenvalue weighted by Gasteiger charge is 2.30. The molecule has 25 heavy (non-hydrogen) atoms. The van der Waals surface area contributed by atoms with Gasteiger partial charge in [-0.2, -0.15) is 0 Å². The van der Waals surface area contributed by atoms with E-state index in [1.165, 1.54) is 0 Å². The van der Waals surface area contributed by atoms with Crippen molar-refractivity contribution in [2.75, 3.05) is 6.61 Å². The first kappa shape index (κ1) is 17.0. The van der Waals surface area contributed by atoms with Gasteiger partial charge in [-0.05, 0) is 28.2 Å². The first-order chi connectivity index (χ1) is 12.0. The smallest absolute Gasteiger partial charge is 0.407 e. The van der Waals surface area contributed by atoms with Crippen LogP contribution in [0.3, 0.4) is 0 Å². The number of aliphatic carboxylic acids is 1. The lowest BCUT2D eigenvalue weighted by atomic mass is 9.98. The number of ether oxygens (including phenoxy) is 1. The second-order valence-corrected chi connectivity index (χ2v) is 6.53. The average molecular weight is 339 g/mol. The van der Waals surface area contributed by atoms with Gasteiger partial charge in [0.25, 0.3) is 0 Å². The number of carboxylic acid groups (broad SMARTS) is 1. The number of amides is 1. The Morgan fingerprint density at radius 1 is 1.04 bits per heavy atom. The summed E-state index contributed by atoms with van der Waals surface area (Å²) in [5.74, 6) is -1.33. The molecule has 0 aliphatic heterocycles. The third-order valence-electron chi connectivity index (χ3n) is 4.55. The summed E-state index contributed by atoms with van der Waals surface area (Å²) in [6.07, 6.45) is -0.706. The van der Waals surface area contributed by atoms with E-state index in [1.54, 1.807) is 13.8 Å². The van der Waals surface area contributed by atoms with Gasteiger partial charge in [0.2, 0.25) is 0 Å². The summed E-state index contributed by atoms with van der Waals surface area (Å²) in [7, 11) is 0. The van der Waals surface area contributed by atoms with Crippen molar-refractivity contribution in [2.24, 2.45) is 5.92 Å². The Labute approximate surface area is 146 Å². The monoisotopic (exact) mass is 339 g/mol. The maximum Gasteiger partial charge on any atom is 0.407 e. The fourth-order valence-corrected chi connectivity index (χ4v) is 3.28. The number of benzene rings is 2. The van der Waals surface area contributed by atoms with Gasteiger partial charge < -0.3 is 15.2 Å². The molecule has 5 nitrogen and oxygen atoms in total. The molecular weight excluding hydrogens is 318 g/mol. The highest BCUT2D eigenvalue weighted by molar-refractivity contribution is 5.81. The second kappa shape index (κ2) is 6.97. The lowest BCUT2D eigenvalue weighted by Crippen LogP contribution is -2.44. The molecule has 0 spiro atoms. The number of fused-ring (bicyclic) bond motifs is 3. The second-order valence-electron chi connectivity index (χ2n) is 6.53. The minimum atomic E-state index is -1.07. The molecule has 0 heterocycles. The van der Waals surface area contributed by atoms with Crippen LogP contribution in [0.4, 0.5) is 4.79 Å². The summed E-state index contributed by atoms with van der Waals surface area (Å²) >= 11 is 0. The van der Waals surface area contributed by atoms with E-state index in [4.69, 9.17) is 9.84 Å². The molecule has 0 saturated carbocycles. The van der Waals surface area contributed by atoms with Crippen LogP contribution in [-0.4, -0.2) is 29.8 Å². The van der Waals surface area contributed by atoms with Gasteiger partial charge in [-0.25, -0.2) is 9.59 Å². The highest BCUT2D eigenvalue weighted by atomic mass is 16.5. The van der Waals surface area contributed by atoms with Crippen molar-refractivity contribution in [3.05, 3.63) is 59.7 Å². The van der Waals surface area contributed by atoms with Crippen molar-refractivity contribution in [1.29, 1.82) is 0 Å². The number of carbonyl (C=O) groups is 2. The van der Waals surface area contributed by atoms with E-state index in [0.717, 1.165) is 22.3 Å². The lowest BCUT2D eigenvalue weighted by molar-refractivity contribution is -0.140. The van der Waals surface area contributed by atoms with E-state index >= 15 is 0 Å². The van der Waals surface area contributed by atoms with E-state index in [2.05, 4.69) is 17.4 Å². The maximum atomic E-state index is 12.0. The van der Waals surface area contributed by atoms with Gasteiger partial charge in [0.1, 0.15) is 12.6 Å². The standard InChI is InChI=1S/C20H21NO4/c1-12(2)18(19(22)23)21-20(24)25-11-17-15-9-5-3-7-13(15)14-8-4-6-10-16(14)17/h3-10,12,17-18H,11H2,1-2H3,(H,21,24)(H,22,23). The molecule has 1 unspecified atom stereocenters. The van der Waals surface area contributed by atoms with E-state index in [1.807, 2.05) is 36.4 Å².